The molecule has 1 aromatic heterocycles. The maximum Gasteiger partial charge on any atom is 0.241 e. The summed E-state index contributed by atoms with van der Waals surface area (Å²) in [7, 11) is 1.84. The zero-order valence-electron chi connectivity index (χ0n) is 13.8. The van der Waals surface area contributed by atoms with E-state index in [0.29, 0.717) is 0 Å². The Morgan fingerprint density at radius 1 is 1.14 bits per heavy atom. The van der Waals surface area contributed by atoms with Gasteiger partial charge in [0.15, 0.2) is 0 Å². The van der Waals surface area contributed by atoms with Crippen LogP contribution in [0.15, 0.2) is 0 Å². The minimum atomic E-state index is 0.0843. The molecule has 0 bridgehead atoms. The van der Waals surface area contributed by atoms with Crippen LogP contribution in [-0.2, 0) is 11.2 Å². The lowest BCUT2D eigenvalue weighted by Crippen LogP contribution is -2.35. The van der Waals surface area contributed by atoms with Gasteiger partial charge in [-0.15, -0.1) is 0 Å². The third kappa shape index (κ3) is 4.58. The van der Waals surface area contributed by atoms with Crippen molar-refractivity contribution in [1.29, 1.82) is 0 Å². The van der Waals surface area contributed by atoms with Gasteiger partial charge in [0.1, 0.15) is 17.5 Å². The Kier molecular flexibility index (Phi) is 6.91. The molecule has 0 unspecified atom stereocenters. The Balaban J connectivity index is 2.86. The van der Waals surface area contributed by atoms with E-state index in [-0.39, 0.29) is 12.5 Å². The first-order valence-electron chi connectivity index (χ1n) is 7.64. The molecule has 118 valence electrons. The van der Waals surface area contributed by atoms with Crippen molar-refractivity contribution in [2.75, 3.05) is 37.3 Å². The number of hydrogen-bond donors (Lipinski definition) is 2. The first kappa shape index (κ1) is 17.2. The minimum absolute atomic E-state index is 0.0843. The smallest absolute Gasteiger partial charge is 0.241 e. The lowest BCUT2D eigenvalue weighted by Gasteiger charge is -2.20. The molecule has 0 saturated carbocycles. The standard InChI is InChI=1S/C15H27N5O/c1-6-9-12-18-14(16-5)11(4)15(19-12)17-10-13(21)20(7-2)8-3/h6-10H2,1-5H3,(H2,16,17,18,19). The molecule has 21 heavy (non-hydrogen) atoms. The van der Waals surface area contributed by atoms with E-state index >= 15 is 0 Å². The summed E-state index contributed by atoms with van der Waals surface area (Å²) in [5.41, 5.74) is 0.935. The largest absolute Gasteiger partial charge is 0.373 e. The molecule has 0 aliphatic carbocycles. The summed E-state index contributed by atoms with van der Waals surface area (Å²) in [6.07, 6.45) is 1.82. The van der Waals surface area contributed by atoms with Crippen LogP contribution < -0.4 is 10.6 Å². The second kappa shape index (κ2) is 8.44. The fourth-order valence-electron chi connectivity index (χ4n) is 2.16. The van der Waals surface area contributed by atoms with E-state index in [9.17, 15) is 4.79 Å². The van der Waals surface area contributed by atoms with Gasteiger partial charge in [0.25, 0.3) is 0 Å². The van der Waals surface area contributed by atoms with Crippen LogP contribution >= 0.6 is 0 Å². The molecule has 2 N–H and O–H groups in total. The van der Waals surface area contributed by atoms with Gasteiger partial charge in [-0.25, -0.2) is 9.97 Å². The highest BCUT2D eigenvalue weighted by atomic mass is 16.2. The van der Waals surface area contributed by atoms with Gasteiger partial charge in [0.05, 0.1) is 6.54 Å². The highest BCUT2D eigenvalue weighted by Gasteiger charge is 2.13. The molecular formula is C15H27N5O. The van der Waals surface area contributed by atoms with Gasteiger partial charge in [-0.3, -0.25) is 4.79 Å². The molecule has 0 aliphatic heterocycles. The van der Waals surface area contributed by atoms with E-state index in [2.05, 4.69) is 27.5 Å². The van der Waals surface area contributed by atoms with Crippen molar-refractivity contribution in [3.05, 3.63) is 11.4 Å². The molecule has 6 nitrogen and oxygen atoms in total. The minimum Gasteiger partial charge on any atom is -0.373 e. The number of nitrogens with one attached hydrogen (secondary N) is 2. The van der Waals surface area contributed by atoms with Gasteiger partial charge < -0.3 is 15.5 Å². The molecule has 1 aromatic rings. The fourth-order valence-corrected chi connectivity index (χ4v) is 2.16. The normalized spacial score (nSPS) is 10.3. The summed E-state index contributed by atoms with van der Waals surface area (Å²) in [5, 5.41) is 6.23. The van der Waals surface area contributed by atoms with Gasteiger partial charge in [-0.1, -0.05) is 6.92 Å². The number of aryl methyl sites for hydroxylation is 1. The van der Waals surface area contributed by atoms with Crippen molar-refractivity contribution in [1.82, 2.24) is 14.9 Å². The number of likely N-dealkylation sites (N-methyl/N-ethyl adjacent to an activating group) is 1. The molecule has 1 rings (SSSR count). The summed E-state index contributed by atoms with van der Waals surface area (Å²) in [4.78, 5) is 22.9. The van der Waals surface area contributed by atoms with Crippen molar-refractivity contribution in [3.8, 4) is 0 Å². The molecular weight excluding hydrogens is 266 g/mol. The van der Waals surface area contributed by atoms with Crippen LogP contribution in [-0.4, -0.2) is 47.5 Å². The first-order chi connectivity index (χ1) is 10.1. The van der Waals surface area contributed by atoms with Crippen molar-refractivity contribution >= 4 is 17.5 Å². The fraction of sp³-hybridized carbons (Fsp3) is 0.667. The van der Waals surface area contributed by atoms with Crippen LogP contribution in [0, 0.1) is 6.92 Å². The average Bonchev–Trinajstić information content (AvgIpc) is 2.48. The van der Waals surface area contributed by atoms with Crippen LogP contribution in [0.1, 0.15) is 38.6 Å². The maximum atomic E-state index is 12.1. The van der Waals surface area contributed by atoms with Crippen molar-refractivity contribution in [3.63, 3.8) is 0 Å². The van der Waals surface area contributed by atoms with Crippen LogP contribution in [0.3, 0.4) is 0 Å². The highest BCUT2D eigenvalue weighted by molar-refractivity contribution is 5.81. The van der Waals surface area contributed by atoms with E-state index in [4.69, 9.17) is 0 Å². The van der Waals surface area contributed by atoms with Crippen LogP contribution in [0.4, 0.5) is 11.6 Å². The van der Waals surface area contributed by atoms with E-state index in [1.165, 1.54) is 0 Å². The predicted octanol–water partition coefficient (Wildman–Crippen LogP) is 2.06. The van der Waals surface area contributed by atoms with E-state index in [0.717, 1.165) is 49.0 Å². The monoisotopic (exact) mass is 293 g/mol. The molecule has 0 saturated heterocycles. The van der Waals surface area contributed by atoms with Crippen molar-refractivity contribution in [2.45, 2.75) is 40.5 Å². The Morgan fingerprint density at radius 2 is 1.76 bits per heavy atom. The lowest BCUT2D eigenvalue weighted by molar-refractivity contribution is -0.128. The van der Waals surface area contributed by atoms with Crippen LogP contribution in [0.5, 0.6) is 0 Å². The van der Waals surface area contributed by atoms with Gasteiger partial charge in [0, 0.05) is 32.1 Å². The number of hydrogen-bond acceptors (Lipinski definition) is 5. The number of aromatic nitrogens is 2. The second-order valence-corrected chi connectivity index (χ2v) is 4.88. The van der Waals surface area contributed by atoms with E-state index in [1.54, 1.807) is 4.90 Å². The molecule has 0 aliphatic rings. The third-order valence-electron chi connectivity index (χ3n) is 3.43. The topological polar surface area (TPSA) is 70.2 Å². The van der Waals surface area contributed by atoms with E-state index in [1.807, 2.05) is 27.8 Å². The number of amides is 1. The number of carbonyl (C=O) groups excluding carboxylic acids is 1. The molecule has 0 aromatic carbocycles. The summed E-state index contributed by atoms with van der Waals surface area (Å²) in [6.45, 7) is 9.72. The third-order valence-corrected chi connectivity index (χ3v) is 3.43. The summed E-state index contributed by atoms with van der Waals surface area (Å²) in [5.74, 6) is 2.43. The molecule has 0 fully saturated rings. The average molecular weight is 293 g/mol. The van der Waals surface area contributed by atoms with Gasteiger partial charge >= 0.3 is 0 Å². The molecule has 0 atom stereocenters. The maximum absolute atomic E-state index is 12.1. The van der Waals surface area contributed by atoms with Crippen molar-refractivity contribution < 1.29 is 4.79 Å². The number of anilines is 2. The molecule has 1 amide bonds. The first-order valence-corrected chi connectivity index (χ1v) is 7.64. The number of rotatable bonds is 8. The Morgan fingerprint density at radius 3 is 2.29 bits per heavy atom. The van der Waals surface area contributed by atoms with Gasteiger partial charge in [-0.05, 0) is 27.2 Å². The Hall–Kier alpha value is -1.85. The molecule has 0 radical (unpaired) electrons. The SMILES string of the molecule is CCCc1nc(NC)c(C)c(NCC(=O)N(CC)CC)n1. The number of carbonyl (C=O) groups is 1. The molecule has 0 spiro atoms. The van der Waals surface area contributed by atoms with Crippen LogP contribution in [0.25, 0.3) is 0 Å². The summed E-state index contributed by atoms with van der Waals surface area (Å²) >= 11 is 0. The zero-order valence-corrected chi connectivity index (χ0v) is 13.8. The van der Waals surface area contributed by atoms with Crippen molar-refractivity contribution in [2.24, 2.45) is 0 Å². The predicted molar refractivity (Wildman–Crippen MR) is 86.7 cm³/mol. The second-order valence-electron chi connectivity index (χ2n) is 4.88. The summed E-state index contributed by atoms with van der Waals surface area (Å²) in [6, 6.07) is 0. The quantitative estimate of drug-likeness (QED) is 0.768. The molecule has 6 heteroatoms. The zero-order chi connectivity index (χ0) is 15.8. The highest BCUT2D eigenvalue weighted by Crippen LogP contribution is 2.20. The van der Waals surface area contributed by atoms with Gasteiger partial charge in [-0.2, -0.15) is 0 Å². The summed E-state index contributed by atoms with van der Waals surface area (Å²) < 4.78 is 0. The Labute approximate surface area is 127 Å². The van der Waals surface area contributed by atoms with Crippen LogP contribution in [0.2, 0.25) is 0 Å². The van der Waals surface area contributed by atoms with Gasteiger partial charge in [0.2, 0.25) is 5.91 Å². The lowest BCUT2D eigenvalue weighted by atomic mass is 10.2. The molecule has 1 heterocycles. The Bertz CT molecular complexity index is 471. The number of nitrogens with zero attached hydrogens (tertiary/aromatic N) is 3. The van der Waals surface area contributed by atoms with E-state index < -0.39 is 0 Å².